The van der Waals surface area contributed by atoms with Crippen molar-refractivity contribution in [3.8, 4) is 0 Å². The highest BCUT2D eigenvalue weighted by atomic mass is 16.2. The number of hydrogen-bond donors (Lipinski definition) is 0. The molecule has 0 aliphatic heterocycles. The third kappa shape index (κ3) is 4.21. The van der Waals surface area contributed by atoms with Crippen LogP contribution in [-0.4, -0.2) is 34.0 Å². The predicted octanol–water partition coefficient (Wildman–Crippen LogP) is 2.27. The molecule has 0 radical (unpaired) electrons. The number of carbonyl (C=O) groups is 1. The van der Waals surface area contributed by atoms with Crippen molar-refractivity contribution in [3.05, 3.63) is 18.2 Å². The Bertz CT molecular complexity index is 357. The molecule has 1 heterocycles. The van der Waals surface area contributed by atoms with Crippen molar-refractivity contribution in [2.24, 2.45) is 0 Å². The summed E-state index contributed by atoms with van der Waals surface area (Å²) >= 11 is 0. The molecule has 0 saturated carbocycles. The summed E-state index contributed by atoms with van der Waals surface area (Å²) in [4.78, 5) is 17.9. The normalized spacial score (nSPS) is 10.9. The van der Waals surface area contributed by atoms with Gasteiger partial charge in [-0.25, -0.2) is 4.98 Å². The molecule has 17 heavy (non-hydrogen) atoms. The standard InChI is InChI=1S/C13H23N3O/c1-5-6-7-15(4)13(17)9-16-8-12(11(2)3)14-10-16/h8,10-11H,5-7,9H2,1-4H3. The van der Waals surface area contributed by atoms with Gasteiger partial charge >= 0.3 is 0 Å². The Kier molecular flexibility index (Phi) is 5.19. The molecule has 0 bridgehead atoms. The fourth-order valence-electron chi connectivity index (χ4n) is 1.56. The summed E-state index contributed by atoms with van der Waals surface area (Å²) in [5.74, 6) is 0.551. The first-order valence-electron chi connectivity index (χ1n) is 6.30. The zero-order valence-electron chi connectivity index (χ0n) is 11.3. The van der Waals surface area contributed by atoms with Crippen molar-refractivity contribution in [1.29, 1.82) is 0 Å². The molecule has 0 aliphatic rings. The predicted molar refractivity (Wildman–Crippen MR) is 68.9 cm³/mol. The van der Waals surface area contributed by atoms with E-state index < -0.39 is 0 Å². The van der Waals surface area contributed by atoms with E-state index in [0.29, 0.717) is 12.5 Å². The van der Waals surface area contributed by atoms with Gasteiger partial charge in [-0.2, -0.15) is 0 Å². The lowest BCUT2D eigenvalue weighted by atomic mass is 10.2. The number of nitrogens with zero attached hydrogens (tertiary/aromatic N) is 3. The van der Waals surface area contributed by atoms with Gasteiger partial charge in [-0.15, -0.1) is 0 Å². The zero-order valence-corrected chi connectivity index (χ0v) is 11.3. The van der Waals surface area contributed by atoms with Gasteiger partial charge in [0, 0.05) is 19.8 Å². The van der Waals surface area contributed by atoms with E-state index in [1.54, 1.807) is 11.2 Å². The monoisotopic (exact) mass is 237 g/mol. The van der Waals surface area contributed by atoms with Crippen molar-refractivity contribution in [1.82, 2.24) is 14.5 Å². The van der Waals surface area contributed by atoms with Crippen LogP contribution in [0.15, 0.2) is 12.5 Å². The Morgan fingerprint density at radius 1 is 1.53 bits per heavy atom. The minimum Gasteiger partial charge on any atom is -0.344 e. The van der Waals surface area contributed by atoms with Crippen LogP contribution in [0, 0.1) is 0 Å². The fourth-order valence-corrected chi connectivity index (χ4v) is 1.56. The second-order valence-electron chi connectivity index (χ2n) is 4.79. The summed E-state index contributed by atoms with van der Waals surface area (Å²) in [5.41, 5.74) is 1.04. The molecule has 1 rings (SSSR count). The average Bonchev–Trinajstić information content (AvgIpc) is 2.74. The smallest absolute Gasteiger partial charge is 0.242 e. The summed E-state index contributed by atoms with van der Waals surface area (Å²) < 4.78 is 1.86. The molecular formula is C13H23N3O. The molecule has 4 nitrogen and oxygen atoms in total. The summed E-state index contributed by atoms with van der Waals surface area (Å²) in [5, 5.41) is 0. The molecular weight excluding hydrogens is 214 g/mol. The van der Waals surface area contributed by atoms with Crippen LogP contribution in [0.25, 0.3) is 0 Å². The fraction of sp³-hybridized carbons (Fsp3) is 0.692. The van der Waals surface area contributed by atoms with E-state index in [1.165, 1.54) is 0 Å². The number of unbranched alkanes of at least 4 members (excludes halogenated alkanes) is 1. The highest BCUT2D eigenvalue weighted by Crippen LogP contribution is 2.10. The number of hydrogen-bond acceptors (Lipinski definition) is 2. The molecule has 0 unspecified atom stereocenters. The van der Waals surface area contributed by atoms with Crippen LogP contribution in [0.3, 0.4) is 0 Å². The topological polar surface area (TPSA) is 38.1 Å². The third-order valence-corrected chi connectivity index (χ3v) is 2.84. The Morgan fingerprint density at radius 2 is 2.24 bits per heavy atom. The quantitative estimate of drug-likeness (QED) is 0.761. The molecule has 0 aliphatic carbocycles. The number of amides is 1. The van der Waals surface area contributed by atoms with Gasteiger partial charge in [-0.3, -0.25) is 4.79 Å². The second kappa shape index (κ2) is 6.42. The minimum absolute atomic E-state index is 0.145. The first-order chi connectivity index (χ1) is 8.04. The maximum atomic E-state index is 11.9. The van der Waals surface area contributed by atoms with Gasteiger partial charge in [0.2, 0.25) is 5.91 Å². The van der Waals surface area contributed by atoms with Crippen molar-refractivity contribution in [2.75, 3.05) is 13.6 Å². The van der Waals surface area contributed by atoms with Crippen LogP contribution in [0.4, 0.5) is 0 Å². The van der Waals surface area contributed by atoms with Gasteiger partial charge in [0.25, 0.3) is 0 Å². The largest absolute Gasteiger partial charge is 0.344 e. The summed E-state index contributed by atoms with van der Waals surface area (Å²) in [6.45, 7) is 7.55. The number of rotatable bonds is 6. The average molecular weight is 237 g/mol. The lowest BCUT2D eigenvalue weighted by Gasteiger charge is -2.16. The van der Waals surface area contributed by atoms with E-state index in [9.17, 15) is 4.79 Å². The summed E-state index contributed by atoms with van der Waals surface area (Å²) in [6, 6.07) is 0. The highest BCUT2D eigenvalue weighted by Gasteiger charge is 2.10. The number of carbonyl (C=O) groups excluding carboxylic acids is 1. The SMILES string of the molecule is CCCCN(C)C(=O)Cn1cnc(C(C)C)c1. The lowest BCUT2D eigenvalue weighted by molar-refractivity contribution is -0.130. The zero-order chi connectivity index (χ0) is 12.8. The third-order valence-electron chi connectivity index (χ3n) is 2.84. The maximum Gasteiger partial charge on any atom is 0.242 e. The molecule has 1 aromatic heterocycles. The van der Waals surface area contributed by atoms with Gasteiger partial charge < -0.3 is 9.47 Å². The molecule has 1 amide bonds. The molecule has 0 saturated heterocycles. The minimum atomic E-state index is 0.145. The van der Waals surface area contributed by atoms with Crippen molar-refractivity contribution in [2.45, 2.75) is 46.1 Å². The maximum absolute atomic E-state index is 11.9. The number of aromatic nitrogens is 2. The molecule has 0 fully saturated rings. The van der Waals surface area contributed by atoms with Crippen LogP contribution >= 0.6 is 0 Å². The number of likely N-dealkylation sites (N-methyl/N-ethyl adjacent to an activating group) is 1. The van der Waals surface area contributed by atoms with E-state index in [1.807, 2.05) is 17.8 Å². The number of imidazole rings is 1. The van der Waals surface area contributed by atoms with E-state index in [0.717, 1.165) is 25.1 Å². The molecule has 0 atom stereocenters. The summed E-state index contributed by atoms with van der Waals surface area (Å²) in [7, 11) is 1.86. The molecule has 1 aromatic rings. The highest BCUT2D eigenvalue weighted by molar-refractivity contribution is 5.75. The Balaban J connectivity index is 2.49. The Hall–Kier alpha value is -1.32. The van der Waals surface area contributed by atoms with E-state index in [-0.39, 0.29) is 5.91 Å². The molecule has 0 N–H and O–H groups in total. The van der Waals surface area contributed by atoms with Gasteiger partial charge in [0.05, 0.1) is 12.0 Å². The van der Waals surface area contributed by atoms with Crippen LogP contribution in [0.2, 0.25) is 0 Å². The van der Waals surface area contributed by atoms with E-state index in [2.05, 4.69) is 25.8 Å². The van der Waals surface area contributed by atoms with Crippen LogP contribution < -0.4 is 0 Å². The lowest BCUT2D eigenvalue weighted by Crippen LogP contribution is -2.30. The second-order valence-corrected chi connectivity index (χ2v) is 4.79. The molecule has 96 valence electrons. The van der Waals surface area contributed by atoms with Crippen molar-refractivity contribution in [3.63, 3.8) is 0 Å². The van der Waals surface area contributed by atoms with Gasteiger partial charge in [0.15, 0.2) is 0 Å². The summed E-state index contributed by atoms with van der Waals surface area (Å²) in [6.07, 6.45) is 5.86. The first-order valence-corrected chi connectivity index (χ1v) is 6.30. The molecule has 0 spiro atoms. The van der Waals surface area contributed by atoms with Crippen molar-refractivity contribution < 1.29 is 4.79 Å². The van der Waals surface area contributed by atoms with Gasteiger partial charge in [-0.1, -0.05) is 27.2 Å². The van der Waals surface area contributed by atoms with E-state index in [4.69, 9.17) is 0 Å². The molecule has 0 aromatic carbocycles. The Labute approximate surface area is 104 Å². The van der Waals surface area contributed by atoms with Crippen LogP contribution in [-0.2, 0) is 11.3 Å². The van der Waals surface area contributed by atoms with Gasteiger partial charge in [-0.05, 0) is 12.3 Å². The molecule has 4 heteroatoms. The first kappa shape index (κ1) is 13.7. The van der Waals surface area contributed by atoms with E-state index >= 15 is 0 Å². The van der Waals surface area contributed by atoms with Crippen molar-refractivity contribution >= 4 is 5.91 Å². The Morgan fingerprint density at radius 3 is 2.76 bits per heavy atom. The van der Waals surface area contributed by atoms with Crippen LogP contribution in [0.1, 0.15) is 45.2 Å². The van der Waals surface area contributed by atoms with Gasteiger partial charge in [0.1, 0.15) is 6.54 Å². The van der Waals surface area contributed by atoms with Crippen LogP contribution in [0.5, 0.6) is 0 Å².